The van der Waals surface area contributed by atoms with Crippen molar-refractivity contribution in [3.8, 4) is 0 Å². The maximum Gasteiger partial charge on any atom is 0.353 e. The molecule has 0 bridgehead atoms. The number of ether oxygens (including phenoxy) is 1. The zero-order valence-electron chi connectivity index (χ0n) is 14.4. The van der Waals surface area contributed by atoms with Gasteiger partial charge in [-0.25, -0.2) is 15.0 Å². The summed E-state index contributed by atoms with van der Waals surface area (Å²) in [6, 6.07) is 9.04. The molecule has 3 aromatic rings. The molecule has 2 heterocycles. The fraction of sp³-hybridized carbons (Fsp3) is 0.312. The second-order valence-electron chi connectivity index (χ2n) is 5.82. The molecule has 0 aliphatic rings. The fourth-order valence-corrected chi connectivity index (χ4v) is 3.23. The number of hydrogen-bond donors (Lipinski definition) is 3. The second-order valence-corrected chi connectivity index (χ2v) is 7.62. The van der Waals surface area contributed by atoms with Crippen LogP contribution in [0.15, 0.2) is 43.0 Å². The van der Waals surface area contributed by atoms with Crippen LogP contribution in [-0.4, -0.2) is 48.6 Å². The Hall–Kier alpha value is -2.36. The van der Waals surface area contributed by atoms with E-state index in [1.165, 1.54) is 12.7 Å². The van der Waals surface area contributed by atoms with Gasteiger partial charge >= 0.3 is 7.60 Å². The summed E-state index contributed by atoms with van der Waals surface area (Å²) in [4.78, 5) is 22.0. The molecule has 2 aromatic heterocycles. The highest BCUT2D eigenvalue weighted by molar-refractivity contribution is 7.52. The van der Waals surface area contributed by atoms with Gasteiger partial charge in [0.25, 0.3) is 0 Å². The van der Waals surface area contributed by atoms with Crippen molar-refractivity contribution < 1.29 is 23.8 Å². The molecule has 0 saturated heterocycles. The van der Waals surface area contributed by atoms with Crippen LogP contribution in [-0.2, 0) is 27.0 Å². The first-order valence-corrected chi connectivity index (χ1v) is 9.89. The zero-order chi connectivity index (χ0) is 19.3. The number of anilines is 1. The number of nitrogens with two attached hydrogens (primary N) is 1. The second kappa shape index (κ2) is 8.55. The Bertz CT molecular complexity index is 935. The summed E-state index contributed by atoms with van der Waals surface area (Å²) in [6.45, 7) is -0.203. The van der Waals surface area contributed by atoms with Crippen LogP contribution < -0.4 is 5.73 Å². The van der Waals surface area contributed by atoms with Gasteiger partial charge in [0, 0.05) is 0 Å². The number of benzene rings is 1. The van der Waals surface area contributed by atoms with E-state index in [0.29, 0.717) is 11.2 Å². The molecule has 0 radical (unpaired) electrons. The normalized spacial score (nSPS) is 14.9. The first kappa shape index (κ1) is 19.4. The molecule has 3 rings (SSSR count). The van der Waals surface area contributed by atoms with Gasteiger partial charge in [0.1, 0.15) is 18.2 Å². The maximum absolute atomic E-state index is 12.1. The standard InChI is InChI=1S/C16H20N5O5P/c17-15-14-16(19-9-18-15)21(10-20-14)6-13(7-22)25-11-27(23,24)26-8-12-4-2-1-3-5-12/h1-5,9-10,13,22H,6-8,11H2,(H,23,24)(H2,17,18,19)/t13-/m0/s1. The highest BCUT2D eigenvalue weighted by Crippen LogP contribution is 2.43. The van der Waals surface area contributed by atoms with Crippen LogP contribution in [0.4, 0.5) is 5.82 Å². The number of aliphatic hydroxyl groups excluding tert-OH is 1. The fourth-order valence-electron chi connectivity index (χ4n) is 2.40. The van der Waals surface area contributed by atoms with E-state index in [2.05, 4.69) is 15.0 Å². The van der Waals surface area contributed by atoms with Crippen LogP contribution in [0.2, 0.25) is 0 Å². The molecule has 10 nitrogen and oxygen atoms in total. The molecule has 0 spiro atoms. The van der Waals surface area contributed by atoms with E-state index >= 15 is 0 Å². The van der Waals surface area contributed by atoms with Crippen LogP contribution in [0.25, 0.3) is 11.2 Å². The number of nitrogen functional groups attached to an aromatic ring is 1. The topological polar surface area (TPSA) is 146 Å². The Balaban J connectivity index is 1.58. The Morgan fingerprint density at radius 2 is 2.00 bits per heavy atom. The van der Waals surface area contributed by atoms with Gasteiger partial charge in [-0.1, -0.05) is 30.3 Å². The molecule has 144 valence electrons. The van der Waals surface area contributed by atoms with Crippen molar-refractivity contribution in [3.05, 3.63) is 48.5 Å². The van der Waals surface area contributed by atoms with Crippen molar-refractivity contribution in [2.75, 3.05) is 18.7 Å². The van der Waals surface area contributed by atoms with Crippen LogP contribution in [0.5, 0.6) is 0 Å². The minimum Gasteiger partial charge on any atom is -0.394 e. The van der Waals surface area contributed by atoms with Gasteiger partial charge in [0.15, 0.2) is 11.5 Å². The van der Waals surface area contributed by atoms with Crippen LogP contribution in [0.3, 0.4) is 0 Å². The Labute approximate surface area is 155 Å². The van der Waals surface area contributed by atoms with Crippen LogP contribution in [0, 0.1) is 0 Å². The predicted molar refractivity (Wildman–Crippen MR) is 97.6 cm³/mol. The first-order chi connectivity index (χ1) is 13.0. The minimum absolute atomic E-state index is 0.00980. The summed E-state index contributed by atoms with van der Waals surface area (Å²) < 4.78 is 24.2. The van der Waals surface area contributed by atoms with Crippen LogP contribution in [0.1, 0.15) is 5.56 Å². The van der Waals surface area contributed by atoms with E-state index < -0.39 is 20.0 Å². The van der Waals surface area contributed by atoms with Crippen molar-refractivity contribution in [3.63, 3.8) is 0 Å². The number of fused-ring (bicyclic) bond motifs is 1. The van der Waals surface area contributed by atoms with Gasteiger partial charge in [-0.05, 0) is 5.56 Å². The van der Waals surface area contributed by atoms with Gasteiger partial charge < -0.3 is 29.6 Å². The average Bonchev–Trinajstić information content (AvgIpc) is 3.09. The number of hydrogen-bond acceptors (Lipinski definition) is 8. The van der Waals surface area contributed by atoms with E-state index in [1.807, 2.05) is 18.2 Å². The van der Waals surface area contributed by atoms with Crippen molar-refractivity contribution in [1.82, 2.24) is 19.5 Å². The lowest BCUT2D eigenvalue weighted by Crippen LogP contribution is -2.24. The van der Waals surface area contributed by atoms with Crippen molar-refractivity contribution in [1.29, 1.82) is 0 Å². The number of nitrogens with zero attached hydrogens (tertiary/aromatic N) is 4. The first-order valence-electron chi connectivity index (χ1n) is 8.12. The molecular weight excluding hydrogens is 373 g/mol. The average molecular weight is 393 g/mol. The number of aromatic nitrogens is 4. The molecular formula is C16H20N5O5P. The highest BCUT2D eigenvalue weighted by atomic mass is 31.2. The molecule has 27 heavy (non-hydrogen) atoms. The number of aliphatic hydroxyl groups is 1. The zero-order valence-corrected chi connectivity index (χ0v) is 15.3. The molecule has 1 unspecified atom stereocenters. The van der Waals surface area contributed by atoms with Crippen molar-refractivity contribution in [2.24, 2.45) is 0 Å². The van der Waals surface area contributed by atoms with Gasteiger partial charge in [-0.2, -0.15) is 0 Å². The summed E-state index contributed by atoms with van der Waals surface area (Å²) in [5, 5.41) is 9.53. The van der Waals surface area contributed by atoms with E-state index in [1.54, 1.807) is 16.7 Å². The van der Waals surface area contributed by atoms with Gasteiger partial charge in [-0.3, -0.25) is 4.57 Å². The third-order valence-corrected chi connectivity index (χ3v) is 4.79. The van der Waals surface area contributed by atoms with E-state index in [-0.39, 0.29) is 25.6 Å². The maximum atomic E-state index is 12.1. The molecule has 0 fully saturated rings. The summed E-state index contributed by atoms with van der Waals surface area (Å²) in [7, 11) is -3.97. The molecule has 11 heteroatoms. The van der Waals surface area contributed by atoms with Gasteiger partial charge in [0.05, 0.1) is 32.2 Å². The smallest absolute Gasteiger partial charge is 0.353 e. The van der Waals surface area contributed by atoms with Gasteiger partial charge in [-0.15, -0.1) is 0 Å². The predicted octanol–water partition coefficient (Wildman–Crippen LogP) is 1.15. The number of imidazole rings is 1. The molecule has 1 aromatic carbocycles. The molecule has 0 aliphatic heterocycles. The van der Waals surface area contributed by atoms with Crippen molar-refractivity contribution >= 4 is 24.6 Å². The minimum atomic E-state index is -3.97. The van der Waals surface area contributed by atoms with Crippen LogP contribution >= 0.6 is 7.60 Å². The Kier molecular flexibility index (Phi) is 6.15. The molecule has 2 atom stereocenters. The molecule has 0 aliphatic carbocycles. The summed E-state index contributed by atoms with van der Waals surface area (Å²) >= 11 is 0. The third-order valence-electron chi connectivity index (χ3n) is 3.78. The highest BCUT2D eigenvalue weighted by Gasteiger charge is 2.23. The third kappa shape index (κ3) is 5.09. The number of rotatable bonds is 9. The Morgan fingerprint density at radius 3 is 2.74 bits per heavy atom. The van der Waals surface area contributed by atoms with E-state index in [0.717, 1.165) is 5.56 Å². The quantitative estimate of drug-likeness (QED) is 0.456. The lowest BCUT2D eigenvalue weighted by Gasteiger charge is -2.19. The van der Waals surface area contributed by atoms with E-state index in [9.17, 15) is 14.6 Å². The Morgan fingerprint density at radius 1 is 1.22 bits per heavy atom. The van der Waals surface area contributed by atoms with E-state index in [4.69, 9.17) is 15.0 Å². The molecule has 0 saturated carbocycles. The monoisotopic (exact) mass is 393 g/mol. The SMILES string of the molecule is Nc1ncnc2c1ncn2C[C@@H](CO)OCP(=O)(O)OCc1ccccc1. The molecule has 4 N–H and O–H groups in total. The lowest BCUT2D eigenvalue weighted by molar-refractivity contribution is 0.0177. The summed E-state index contributed by atoms with van der Waals surface area (Å²) in [6.07, 6.45) is 1.50. The van der Waals surface area contributed by atoms with Crippen molar-refractivity contribution in [2.45, 2.75) is 19.3 Å². The molecule has 0 amide bonds. The summed E-state index contributed by atoms with van der Waals surface area (Å²) in [5.74, 6) is 0.245. The summed E-state index contributed by atoms with van der Waals surface area (Å²) in [5.41, 5.74) is 7.43. The largest absolute Gasteiger partial charge is 0.394 e. The lowest BCUT2D eigenvalue weighted by atomic mass is 10.2. The van der Waals surface area contributed by atoms with Gasteiger partial charge in [0.2, 0.25) is 0 Å².